The highest BCUT2D eigenvalue weighted by molar-refractivity contribution is 5.84. The van der Waals surface area contributed by atoms with Crippen molar-refractivity contribution in [3.63, 3.8) is 0 Å². The van der Waals surface area contributed by atoms with E-state index >= 15 is 0 Å². The molecule has 0 aliphatic rings. The van der Waals surface area contributed by atoms with Crippen molar-refractivity contribution in [2.75, 3.05) is 13.1 Å². The first kappa shape index (κ1) is 18.2. The molecule has 136 valence electrons. The van der Waals surface area contributed by atoms with Crippen molar-refractivity contribution in [2.45, 2.75) is 40.2 Å². The molecule has 1 amide bonds. The van der Waals surface area contributed by atoms with Crippen LogP contribution in [0, 0.1) is 6.92 Å². The maximum atomic E-state index is 12.9. The second-order valence-corrected chi connectivity index (χ2v) is 6.76. The zero-order valence-electron chi connectivity index (χ0n) is 15.9. The number of fused-ring (bicyclic) bond motifs is 1. The Morgan fingerprint density at radius 1 is 1.00 bits per heavy atom. The second-order valence-electron chi connectivity index (χ2n) is 6.76. The molecule has 0 aliphatic carbocycles. The van der Waals surface area contributed by atoms with Gasteiger partial charge in [-0.2, -0.15) is 0 Å². The summed E-state index contributed by atoms with van der Waals surface area (Å²) in [4.78, 5) is 19.7. The predicted molar refractivity (Wildman–Crippen MR) is 107 cm³/mol. The van der Waals surface area contributed by atoms with Gasteiger partial charge in [0.2, 0.25) is 5.91 Å². The Hall–Kier alpha value is -2.62. The number of aromatic nitrogens is 2. The molecule has 0 saturated carbocycles. The summed E-state index contributed by atoms with van der Waals surface area (Å²) in [5.41, 5.74) is 4.18. The van der Waals surface area contributed by atoms with Crippen molar-refractivity contribution < 1.29 is 4.79 Å². The number of hydrogen-bond donors (Lipinski definition) is 0. The monoisotopic (exact) mass is 349 g/mol. The maximum absolute atomic E-state index is 12.9. The molecule has 0 atom stereocenters. The van der Waals surface area contributed by atoms with Gasteiger partial charge in [0.25, 0.3) is 0 Å². The van der Waals surface area contributed by atoms with Crippen molar-refractivity contribution in [3.8, 4) is 11.4 Å². The third-order valence-corrected chi connectivity index (χ3v) is 4.60. The van der Waals surface area contributed by atoms with E-state index in [2.05, 4.69) is 49.6 Å². The van der Waals surface area contributed by atoms with Gasteiger partial charge in [0.15, 0.2) is 0 Å². The topological polar surface area (TPSA) is 38.1 Å². The van der Waals surface area contributed by atoms with Crippen molar-refractivity contribution in [2.24, 2.45) is 0 Å². The van der Waals surface area contributed by atoms with E-state index in [0.717, 1.165) is 48.4 Å². The molecule has 4 nitrogen and oxygen atoms in total. The number of hydrogen-bond acceptors (Lipinski definition) is 2. The zero-order chi connectivity index (χ0) is 18.5. The molecule has 0 bridgehead atoms. The Bertz CT molecular complexity index is 874. The highest BCUT2D eigenvalue weighted by Crippen LogP contribution is 2.25. The molecule has 4 heteroatoms. The van der Waals surface area contributed by atoms with E-state index in [1.54, 1.807) is 0 Å². The summed E-state index contributed by atoms with van der Waals surface area (Å²) >= 11 is 0. The number of carbonyl (C=O) groups excluding carboxylic acids is 1. The summed E-state index contributed by atoms with van der Waals surface area (Å²) in [6.45, 7) is 8.23. The molecule has 26 heavy (non-hydrogen) atoms. The van der Waals surface area contributed by atoms with Crippen molar-refractivity contribution in [1.29, 1.82) is 0 Å². The summed E-state index contributed by atoms with van der Waals surface area (Å²) in [7, 11) is 0. The van der Waals surface area contributed by atoms with Gasteiger partial charge in [-0.3, -0.25) is 4.79 Å². The van der Waals surface area contributed by atoms with E-state index < -0.39 is 0 Å². The first-order chi connectivity index (χ1) is 12.6. The number of benzene rings is 2. The molecule has 0 aliphatic heterocycles. The first-order valence-corrected chi connectivity index (χ1v) is 9.44. The Morgan fingerprint density at radius 3 is 2.31 bits per heavy atom. The number of rotatable bonds is 7. The average Bonchev–Trinajstić information content (AvgIpc) is 3.01. The summed E-state index contributed by atoms with van der Waals surface area (Å²) < 4.78 is 2.06. The fourth-order valence-corrected chi connectivity index (χ4v) is 3.29. The van der Waals surface area contributed by atoms with E-state index in [4.69, 9.17) is 4.98 Å². The number of aryl methyl sites for hydroxylation is 1. The minimum atomic E-state index is 0.158. The number of nitrogens with zero attached hydrogens (tertiary/aromatic N) is 3. The molecule has 0 spiro atoms. The molecule has 1 aromatic heterocycles. The van der Waals surface area contributed by atoms with Gasteiger partial charge in [-0.05, 0) is 31.9 Å². The normalized spacial score (nSPS) is 11.0. The van der Waals surface area contributed by atoms with Crippen LogP contribution < -0.4 is 0 Å². The van der Waals surface area contributed by atoms with E-state index in [0.29, 0.717) is 6.54 Å². The smallest absolute Gasteiger partial charge is 0.242 e. The third kappa shape index (κ3) is 3.79. The van der Waals surface area contributed by atoms with E-state index in [1.165, 1.54) is 5.56 Å². The third-order valence-electron chi connectivity index (χ3n) is 4.60. The summed E-state index contributed by atoms with van der Waals surface area (Å²) in [5.74, 6) is 1.01. The highest BCUT2D eigenvalue weighted by Gasteiger charge is 2.18. The second kappa shape index (κ2) is 8.17. The standard InChI is InChI=1S/C22H27N3O/c1-4-14-24(15-5-2)21(26)16-25-20-9-7-6-8-19(20)23-22(25)18-12-10-17(3)11-13-18/h6-13H,4-5,14-16H2,1-3H3. The van der Waals surface area contributed by atoms with Crippen LogP contribution in [-0.4, -0.2) is 33.4 Å². The number of amides is 1. The quantitative estimate of drug-likeness (QED) is 0.622. The van der Waals surface area contributed by atoms with E-state index in [-0.39, 0.29) is 5.91 Å². The molecule has 0 fully saturated rings. The molecule has 0 radical (unpaired) electrons. The van der Waals surface area contributed by atoms with Crippen LogP contribution in [0.3, 0.4) is 0 Å². The highest BCUT2D eigenvalue weighted by atomic mass is 16.2. The van der Waals surface area contributed by atoms with Gasteiger partial charge in [0, 0.05) is 18.7 Å². The molecule has 0 unspecified atom stereocenters. The van der Waals surface area contributed by atoms with Crippen LogP contribution in [0.25, 0.3) is 22.4 Å². The summed E-state index contributed by atoms with van der Waals surface area (Å²) in [6.07, 6.45) is 1.95. The van der Waals surface area contributed by atoms with Crippen molar-refractivity contribution >= 4 is 16.9 Å². The summed E-state index contributed by atoms with van der Waals surface area (Å²) in [5, 5.41) is 0. The molecule has 3 aromatic rings. The Kier molecular flexibility index (Phi) is 5.71. The summed E-state index contributed by atoms with van der Waals surface area (Å²) in [6, 6.07) is 16.4. The van der Waals surface area contributed by atoms with Crippen LogP contribution in [0.5, 0.6) is 0 Å². The van der Waals surface area contributed by atoms with E-state index in [1.807, 2.05) is 29.2 Å². The van der Waals surface area contributed by atoms with E-state index in [9.17, 15) is 4.79 Å². The Morgan fingerprint density at radius 2 is 1.65 bits per heavy atom. The largest absolute Gasteiger partial charge is 0.341 e. The lowest BCUT2D eigenvalue weighted by Gasteiger charge is -2.22. The molecule has 2 aromatic carbocycles. The zero-order valence-corrected chi connectivity index (χ0v) is 15.9. The van der Waals surface area contributed by atoms with Crippen LogP contribution in [-0.2, 0) is 11.3 Å². The Balaban J connectivity index is 2.01. The number of imidazole rings is 1. The molecule has 1 heterocycles. The van der Waals surface area contributed by atoms with Gasteiger partial charge >= 0.3 is 0 Å². The van der Waals surface area contributed by atoms with Crippen LogP contribution in [0.4, 0.5) is 0 Å². The fraction of sp³-hybridized carbons (Fsp3) is 0.364. The number of carbonyl (C=O) groups is 1. The molecular weight excluding hydrogens is 322 g/mol. The van der Waals surface area contributed by atoms with Gasteiger partial charge in [0.1, 0.15) is 12.4 Å². The SMILES string of the molecule is CCCN(CCC)C(=O)Cn1c(-c2ccc(C)cc2)nc2ccccc21. The number of para-hydroxylation sites is 2. The lowest BCUT2D eigenvalue weighted by Crippen LogP contribution is -2.35. The predicted octanol–water partition coefficient (Wildman–Crippen LogP) is 4.66. The fourth-order valence-electron chi connectivity index (χ4n) is 3.29. The maximum Gasteiger partial charge on any atom is 0.242 e. The Labute approximate surface area is 155 Å². The van der Waals surface area contributed by atoms with Crippen LogP contribution in [0.15, 0.2) is 48.5 Å². The van der Waals surface area contributed by atoms with Gasteiger partial charge in [-0.1, -0.05) is 55.8 Å². The minimum Gasteiger partial charge on any atom is -0.341 e. The van der Waals surface area contributed by atoms with Crippen molar-refractivity contribution in [1.82, 2.24) is 14.5 Å². The lowest BCUT2D eigenvalue weighted by molar-refractivity contribution is -0.131. The molecule has 0 saturated heterocycles. The van der Waals surface area contributed by atoms with Crippen molar-refractivity contribution in [3.05, 3.63) is 54.1 Å². The molecule has 0 N–H and O–H groups in total. The lowest BCUT2D eigenvalue weighted by atomic mass is 10.1. The average molecular weight is 349 g/mol. The molecule has 3 rings (SSSR count). The van der Waals surface area contributed by atoms with Gasteiger partial charge in [-0.15, -0.1) is 0 Å². The van der Waals surface area contributed by atoms with Gasteiger partial charge < -0.3 is 9.47 Å². The van der Waals surface area contributed by atoms with Crippen LogP contribution in [0.2, 0.25) is 0 Å². The first-order valence-electron chi connectivity index (χ1n) is 9.44. The van der Waals surface area contributed by atoms with Gasteiger partial charge in [-0.25, -0.2) is 4.98 Å². The molecular formula is C22H27N3O. The minimum absolute atomic E-state index is 0.158. The van der Waals surface area contributed by atoms with Gasteiger partial charge in [0.05, 0.1) is 11.0 Å². The van der Waals surface area contributed by atoms with Crippen LogP contribution >= 0.6 is 0 Å². The van der Waals surface area contributed by atoms with Crippen LogP contribution in [0.1, 0.15) is 32.3 Å².